The number of hydrogen-bond acceptors (Lipinski definition) is 5. The molecule has 1 N–H and O–H groups in total. The zero-order valence-corrected chi connectivity index (χ0v) is 12.4. The van der Waals surface area contributed by atoms with E-state index in [2.05, 4.69) is 0 Å². The molecule has 0 saturated carbocycles. The number of hydrogen-bond donors (Lipinski definition) is 1. The van der Waals surface area contributed by atoms with Crippen molar-refractivity contribution in [1.82, 2.24) is 4.90 Å². The van der Waals surface area contributed by atoms with Gasteiger partial charge in [0.05, 0.1) is 20.1 Å². The normalized spacial score (nSPS) is 18.4. The molecule has 1 unspecified atom stereocenters. The predicted octanol–water partition coefficient (Wildman–Crippen LogP) is 1.90. The third-order valence-corrected chi connectivity index (χ3v) is 4.45. The maximum atomic E-state index is 12.1. The number of rotatable bonds is 5. The molecule has 1 fully saturated rings. The van der Waals surface area contributed by atoms with E-state index in [4.69, 9.17) is 22.1 Å². The van der Waals surface area contributed by atoms with Crippen LogP contribution in [0.1, 0.15) is 12.0 Å². The van der Waals surface area contributed by atoms with Gasteiger partial charge < -0.3 is 9.84 Å². The minimum absolute atomic E-state index is 0.206. The number of benzene rings is 1. The van der Waals surface area contributed by atoms with Crippen LogP contribution in [0.15, 0.2) is 24.3 Å². The van der Waals surface area contributed by atoms with Crippen molar-refractivity contribution in [3.63, 3.8) is 0 Å². The number of aliphatic carboxylic acids is 1. The predicted molar refractivity (Wildman–Crippen MR) is 79.8 cm³/mol. The molecule has 7 heteroatoms. The molecular weight excluding hydrogens is 298 g/mol. The van der Waals surface area contributed by atoms with Gasteiger partial charge in [-0.05, 0) is 17.7 Å². The van der Waals surface area contributed by atoms with E-state index in [0.717, 1.165) is 23.1 Å². The number of methoxy groups -OCH3 is 1. The van der Waals surface area contributed by atoms with Gasteiger partial charge in [-0.3, -0.25) is 14.5 Å². The van der Waals surface area contributed by atoms with Crippen LogP contribution in [-0.4, -0.2) is 38.6 Å². The average molecular weight is 311 g/mol. The molecule has 1 aliphatic heterocycles. The van der Waals surface area contributed by atoms with Gasteiger partial charge in [-0.2, -0.15) is 0 Å². The summed E-state index contributed by atoms with van der Waals surface area (Å²) in [4.78, 5) is 24.3. The Morgan fingerprint density at radius 1 is 1.45 bits per heavy atom. The summed E-state index contributed by atoms with van der Waals surface area (Å²) in [6.45, 7) is 0.352. The van der Waals surface area contributed by atoms with Crippen molar-refractivity contribution in [3.05, 3.63) is 29.8 Å². The molecule has 106 valence electrons. The smallest absolute Gasteiger partial charge is 0.305 e. The summed E-state index contributed by atoms with van der Waals surface area (Å²) in [5, 5.41) is 8.16. The van der Waals surface area contributed by atoms with Crippen LogP contribution in [0.3, 0.4) is 0 Å². The maximum Gasteiger partial charge on any atom is 0.305 e. The summed E-state index contributed by atoms with van der Waals surface area (Å²) in [7, 11) is 1.58. The highest BCUT2D eigenvalue weighted by atomic mass is 32.2. The summed E-state index contributed by atoms with van der Waals surface area (Å²) in [5.41, 5.74) is 0.915. The maximum absolute atomic E-state index is 12.1. The third-order valence-electron chi connectivity index (χ3n) is 2.86. The van der Waals surface area contributed by atoms with E-state index in [1.807, 2.05) is 12.1 Å². The molecule has 0 aliphatic carbocycles. The minimum Gasteiger partial charge on any atom is -0.497 e. The zero-order valence-electron chi connectivity index (χ0n) is 10.7. The van der Waals surface area contributed by atoms with Crippen molar-refractivity contribution < 1.29 is 19.4 Å². The van der Waals surface area contributed by atoms with Crippen molar-refractivity contribution in [2.45, 2.75) is 18.2 Å². The fourth-order valence-electron chi connectivity index (χ4n) is 1.84. The summed E-state index contributed by atoms with van der Waals surface area (Å²) < 4.78 is 5.49. The number of nitrogens with zero attached hydrogens (tertiary/aromatic N) is 1. The Hall–Kier alpha value is -1.60. The molecule has 0 bridgehead atoms. The SMILES string of the molecule is COc1ccc(CN2C(=O)C(CC(=O)O)SC2=S)cc1. The Morgan fingerprint density at radius 3 is 2.65 bits per heavy atom. The van der Waals surface area contributed by atoms with Crippen LogP contribution >= 0.6 is 24.0 Å². The average Bonchev–Trinajstić information content (AvgIpc) is 2.66. The van der Waals surface area contributed by atoms with Crippen LogP contribution in [-0.2, 0) is 16.1 Å². The lowest BCUT2D eigenvalue weighted by Gasteiger charge is -2.15. The zero-order chi connectivity index (χ0) is 14.7. The Bertz CT molecular complexity index is 544. The first kappa shape index (κ1) is 14.8. The molecule has 1 atom stereocenters. The Kier molecular flexibility index (Phi) is 4.61. The molecule has 0 radical (unpaired) electrons. The minimum atomic E-state index is -0.995. The van der Waals surface area contributed by atoms with E-state index in [9.17, 15) is 9.59 Å². The van der Waals surface area contributed by atoms with Crippen LogP contribution in [0.5, 0.6) is 5.75 Å². The van der Waals surface area contributed by atoms with Gasteiger partial charge in [0.15, 0.2) is 0 Å². The van der Waals surface area contributed by atoms with Gasteiger partial charge >= 0.3 is 5.97 Å². The largest absolute Gasteiger partial charge is 0.497 e. The Labute approximate surface area is 125 Å². The molecule has 1 amide bonds. The molecule has 2 rings (SSSR count). The van der Waals surface area contributed by atoms with Gasteiger partial charge in [0.2, 0.25) is 5.91 Å². The lowest BCUT2D eigenvalue weighted by atomic mass is 10.2. The molecule has 20 heavy (non-hydrogen) atoms. The van der Waals surface area contributed by atoms with E-state index in [0.29, 0.717) is 10.9 Å². The van der Waals surface area contributed by atoms with Gasteiger partial charge in [-0.15, -0.1) is 0 Å². The molecule has 1 aromatic rings. The van der Waals surface area contributed by atoms with Crippen molar-refractivity contribution in [2.75, 3.05) is 7.11 Å². The summed E-state index contributed by atoms with van der Waals surface area (Å²) in [5.74, 6) is -0.495. The number of carboxylic acid groups (broad SMARTS) is 1. The topological polar surface area (TPSA) is 66.8 Å². The summed E-state index contributed by atoms with van der Waals surface area (Å²) in [6, 6.07) is 7.31. The summed E-state index contributed by atoms with van der Waals surface area (Å²) in [6.07, 6.45) is -0.206. The number of carboxylic acids is 1. The first-order valence-corrected chi connectivity index (χ1v) is 7.16. The number of thiocarbonyl (C=S) groups is 1. The van der Waals surface area contributed by atoms with Gasteiger partial charge in [-0.1, -0.05) is 36.1 Å². The van der Waals surface area contributed by atoms with Gasteiger partial charge in [0.1, 0.15) is 15.3 Å². The summed E-state index contributed by atoms with van der Waals surface area (Å²) >= 11 is 6.28. The Morgan fingerprint density at radius 2 is 2.10 bits per heavy atom. The molecule has 1 aliphatic rings. The second-order valence-electron chi connectivity index (χ2n) is 4.24. The lowest BCUT2D eigenvalue weighted by Crippen LogP contribution is -2.31. The lowest BCUT2D eigenvalue weighted by molar-refractivity contribution is -0.139. The van der Waals surface area contributed by atoms with Crippen LogP contribution in [0.2, 0.25) is 0 Å². The fourth-order valence-corrected chi connectivity index (χ4v) is 3.33. The van der Waals surface area contributed by atoms with Crippen LogP contribution < -0.4 is 4.74 Å². The quantitative estimate of drug-likeness (QED) is 0.838. The van der Waals surface area contributed by atoms with Gasteiger partial charge in [-0.25, -0.2) is 0 Å². The number of ether oxygens (including phenoxy) is 1. The van der Waals surface area contributed by atoms with Crippen molar-refractivity contribution in [1.29, 1.82) is 0 Å². The first-order valence-electron chi connectivity index (χ1n) is 5.88. The Balaban J connectivity index is 2.06. The number of carbonyl (C=O) groups is 2. The van der Waals surface area contributed by atoms with Crippen LogP contribution in [0, 0.1) is 0 Å². The van der Waals surface area contributed by atoms with Gasteiger partial charge in [0, 0.05) is 0 Å². The molecule has 1 saturated heterocycles. The monoisotopic (exact) mass is 311 g/mol. The first-order chi connectivity index (χ1) is 9.51. The standard InChI is InChI=1S/C13H13NO4S2/c1-18-9-4-2-8(3-5-9)7-14-12(17)10(6-11(15)16)20-13(14)19/h2-5,10H,6-7H2,1H3,(H,15,16). The second kappa shape index (κ2) is 6.23. The third kappa shape index (κ3) is 3.29. The molecule has 1 aromatic carbocycles. The van der Waals surface area contributed by atoms with Gasteiger partial charge in [0.25, 0.3) is 0 Å². The van der Waals surface area contributed by atoms with E-state index < -0.39 is 11.2 Å². The second-order valence-corrected chi connectivity index (χ2v) is 6.08. The van der Waals surface area contributed by atoms with Crippen molar-refractivity contribution in [2.24, 2.45) is 0 Å². The number of carbonyl (C=O) groups excluding carboxylic acids is 1. The highest BCUT2D eigenvalue weighted by molar-refractivity contribution is 8.24. The molecule has 0 aromatic heterocycles. The van der Waals surface area contributed by atoms with Crippen molar-refractivity contribution in [3.8, 4) is 5.75 Å². The van der Waals surface area contributed by atoms with Crippen LogP contribution in [0.25, 0.3) is 0 Å². The van der Waals surface area contributed by atoms with Crippen LogP contribution in [0.4, 0.5) is 0 Å². The fraction of sp³-hybridized carbons (Fsp3) is 0.308. The van der Waals surface area contributed by atoms with E-state index in [1.54, 1.807) is 19.2 Å². The van der Waals surface area contributed by atoms with Crippen molar-refractivity contribution >= 4 is 40.2 Å². The number of amides is 1. The molecular formula is C13H13NO4S2. The van der Waals surface area contributed by atoms with E-state index >= 15 is 0 Å². The van der Waals surface area contributed by atoms with E-state index in [1.165, 1.54) is 4.90 Å². The molecule has 0 spiro atoms. The highest BCUT2D eigenvalue weighted by Crippen LogP contribution is 2.31. The molecule has 5 nitrogen and oxygen atoms in total. The highest BCUT2D eigenvalue weighted by Gasteiger charge is 2.37. The number of thioether (sulfide) groups is 1. The molecule has 1 heterocycles. The van der Waals surface area contributed by atoms with E-state index in [-0.39, 0.29) is 12.3 Å².